The Morgan fingerprint density at radius 1 is 1.06 bits per heavy atom. The SMILES string of the molecule is Cc1ccc(C(=O)N2CCN(CC(=O)Nc3c(C#N)c(C)c(C)n3-c3ccc(F)cc3)CC2)o1. The second kappa shape index (κ2) is 9.53. The van der Waals surface area contributed by atoms with Crippen molar-refractivity contribution in [1.82, 2.24) is 14.4 Å². The van der Waals surface area contributed by atoms with Crippen molar-refractivity contribution < 1.29 is 18.4 Å². The Morgan fingerprint density at radius 2 is 1.74 bits per heavy atom. The number of hydrogen-bond acceptors (Lipinski definition) is 5. The van der Waals surface area contributed by atoms with E-state index in [4.69, 9.17) is 4.42 Å². The van der Waals surface area contributed by atoms with Gasteiger partial charge in [0.2, 0.25) is 5.91 Å². The number of aromatic nitrogens is 1. The Morgan fingerprint density at radius 3 is 2.32 bits per heavy atom. The minimum absolute atomic E-state index is 0.124. The molecule has 1 saturated heterocycles. The molecular weight excluding hydrogens is 437 g/mol. The number of nitriles is 1. The van der Waals surface area contributed by atoms with E-state index in [0.29, 0.717) is 54.8 Å². The standard InChI is InChI=1S/C25H26FN5O3/c1-16-4-9-22(34-16)25(33)30-12-10-29(11-13-30)15-23(32)28-24-21(14-27)17(2)18(3)31(24)20-7-5-19(26)6-8-20/h4-9H,10-13,15H2,1-3H3,(H,28,32). The van der Waals surface area contributed by atoms with Gasteiger partial charge in [-0.3, -0.25) is 19.1 Å². The van der Waals surface area contributed by atoms with Crippen LogP contribution in [0, 0.1) is 37.9 Å². The number of rotatable bonds is 5. The lowest BCUT2D eigenvalue weighted by Crippen LogP contribution is -2.50. The van der Waals surface area contributed by atoms with Gasteiger partial charge in [0, 0.05) is 37.6 Å². The van der Waals surface area contributed by atoms with E-state index in [-0.39, 0.29) is 24.2 Å². The summed E-state index contributed by atoms with van der Waals surface area (Å²) in [5, 5.41) is 12.6. The Labute approximate surface area is 197 Å². The van der Waals surface area contributed by atoms with E-state index in [2.05, 4.69) is 11.4 Å². The molecule has 3 aromatic rings. The number of amides is 2. The van der Waals surface area contributed by atoms with Gasteiger partial charge >= 0.3 is 0 Å². The zero-order valence-electron chi connectivity index (χ0n) is 19.4. The minimum atomic E-state index is -0.365. The van der Waals surface area contributed by atoms with Gasteiger partial charge in [0.1, 0.15) is 23.5 Å². The quantitative estimate of drug-likeness (QED) is 0.626. The number of halogens is 1. The molecule has 0 bridgehead atoms. The lowest BCUT2D eigenvalue weighted by Gasteiger charge is -2.33. The molecular formula is C25H26FN5O3. The Hall–Kier alpha value is -3.90. The molecule has 0 spiro atoms. The molecule has 0 aliphatic carbocycles. The fourth-order valence-electron chi connectivity index (χ4n) is 4.16. The van der Waals surface area contributed by atoms with Gasteiger partial charge < -0.3 is 14.6 Å². The fourth-order valence-corrected chi connectivity index (χ4v) is 4.16. The summed E-state index contributed by atoms with van der Waals surface area (Å²) in [6.07, 6.45) is 0. The highest BCUT2D eigenvalue weighted by molar-refractivity contribution is 5.94. The monoisotopic (exact) mass is 463 g/mol. The first-order chi connectivity index (χ1) is 16.3. The predicted octanol–water partition coefficient (Wildman–Crippen LogP) is 3.40. The first kappa shape index (κ1) is 23.3. The highest BCUT2D eigenvalue weighted by atomic mass is 19.1. The van der Waals surface area contributed by atoms with Crippen LogP contribution in [0.3, 0.4) is 0 Å². The fraction of sp³-hybridized carbons (Fsp3) is 0.320. The van der Waals surface area contributed by atoms with Crippen LogP contribution < -0.4 is 5.32 Å². The first-order valence-electron chi connectivity index (χ1n) is 11.0. The summed E-state index contributed by atoms with van der Waals surface area (Å²) < 4.78 is 20.6. The molecule has 0 unspecified atom stereocenters. The lowest BCUT2D eigenvalue weighted by molar-refractivity contribution is -0.117. The number of carbonyl (C=O) groups excluding carboxylic acids is 2. The van der Waals surface area contributed by atoms with Crippen LogP contribution in [0.25, 0.3) is 5.69 Å². The van der Waals surface area contributed by atoms with Crippen molar-refractivity contribution in [2.24, 2.45) is 0 Å². The Kier molecular flexibility index (Phi) is 6.52. The smallest absolute Gasteiger partial charge is 0.289 e. The number of furan rings is 1. The Balaban J connectivity index is 1.44. The summed E-state index contributed by atoms with van der Waals surface area (Å²) >= 11 is 0. The molecule has 34 heavy (non-hydrogen) atoms. The van der Waals surface area contributed by atoms with E-state index in [0.717, 1.165) is 11.3 Å². The van der Waals surface area contributed by atoms with Crippen LogP contribution in [0.5, 0.6) is 0 Å². The van der Waals surface area contributed by atoms with Gasteiger partial charge in [0.25, 0.3) is 5.91 Å². The van der Waals surface area contributed by atoms with Crippen molar-refractivity contribution in [1.29, 1.82) is 5.26 Å². The van der Waals surface area contributed by atoms with Gasteiger partial charge in [-0.25, -0.2) is 4.39 Å². The van der Waals surface area contributed by atoms with Crippen molar-refractivity contribution in [3.05, 3.63) is 70.6 Å². The molecule has 4 rings (SSSR count). The molecule has 9 heteroatoms. The molecule has 8 nitrogen and oxygen atoms in total. The van der Waals surface area contributed by atoms with Crippen molar-refractivity contribution >= 4 is 17.6 Å². The third kappa shape index (κ3) is 4.58. The normalized spacial score (nSPS) is 14.1. The third-order valence-electron chi connectivity index (χ3n) is 6.15. The molecule has 2 amide bonds. The van der Waals surface area contributed by atoms with Crippen LogP contribution in [0.1, 0.15) is 33.1 Å². The number of carbonyl (C=O) groups is 2. The van der Waals surface area contributed by atoms with Gasteiger partial charge in [0.15, 0.2) is 5.76 Å². The Bertz CT molecular complexity index is 1260. The molecule has 1 aliphatic heterocycles. The van der Waals surface area contributed by atoms with E-state index in [1.165, 1.54) is 12.1 Å². The highest BCUT2D eigenvalue weighted by Gasteiger charge is 2.26. The number of aryl methyl sites for hydroxylation is 1. The van der Waals surface area contributed by atoms with Crippen molar-refractivity contribution in [2.45, 2.75) is 20.8 Å². The molecule has 1 aromatic carbocycles. The van der Waals surface area contributed by atoms with E-state index < -0.39 is 0 Å². The van der Waals surface area contributed by atoms with E-state index in [1.54, 1.807) is 40.7 Å². The lowest BCUT2D eigenvalue weighted by atomic mass is 10.2. The molecule has 1 N–H and O–H groups in total. The second-order valence-electron chi connectivity index (χ2n) is 8.38. The molecule has 3 heterocycles. The molecule has 2 aromatic heterocycles. The third-order valence-corrected chi connectivity index (χ3v) is 6.15. The maximum Gasteiger partial charge on any atom is 0.289 e. The van der Waals surface area contributed by atoms with Gasteiger partial charge in [-0.05, 0) is 62.7 Å². The zero-order valence-corrected chi connectivity index (χ0v) is 19.4. The maximum atomic E-state index is 13.4. The minimum Gasteiger partial charge on any atom is -0.456 e. The van der Waals surface area contributed by atoms with Crippen LogP contribution in [-0.2, 0) is 4.79 Å². The number of nitrogens with zero attached hydrogens (tertiary/aromatic N) is 4. The van der Waals surface area contributed by atoms with Crippen molar-refractivity contribution in [3.8, 4) is 11.8 Å². The average molecular weight is 464 g/mol. The predicted molar refractivity (Wildman–Crippen MR) is 124 cm³/mol. The largest absolute Gasteiger partial charge is 0.456 e. The van der Waals surface area contributed by atoms with E-state index in [9.17, 15) is 19.2 Å². The summed E-state index contributed by atoms with van der Waals surface area (Å²) in [4.78, 5) is 29.2. The van der Waals surface area contributed by atoms with Crippen LogP contribution in [0.4, 0.5) is 10.2 Å². The van der Waals surface area contributed by atoms with Crippen LogP contribution in [0.15, 0.2) is 40.8 Å². The summed E-state index contributed by atoms with van der Waals surface area (Å²) in [6.45, 7) is 7.65. The molecule has 0 radical (unpaired) electrons. The van der Waals surface area contributed by atoms with E-state index in [1.807, 2.05) is 18.7 Å². The van der Waals surface area contributed by atoms with E-state index >= 15 is 0 Å². The van der Waals surface area contributed by atoms with Crippen LogP contribution in [0.2, 0.25) is 0 Å². The summed E-state index contributed by atoms with van der Waals surface area (Å²) in [6, 6.07) is 11.5. The number of anilines is 1. The molecule has 0 saturated carbocycles. The van der Waals surface area contributed by atoms with Gasteiger partial charge in [0.05, 0.1) is 12.1 Å². The summed E-state index contributed by atoms with van der Waals surface area (Å²) in [7, 11) is 0. The van der Waals surface area contributed by atoms with Crippen molar-refractivity contribution in [3.63, 3.8) is 0 Å². The van der Waals surface area contributed by atoms with Gasteiger partial charge in [-0.2, -0.15) is 5.26 Å². The first-order valence-corrected chi connectivity index (χ1v) is 11.0. The van der Waals surface area contributed by atoms with Gasteiger partial charge in [-0.15, -0.1) is 0 Å². The highest BCUT2D eigenvalue weighted by Crippen LogP contribution is 2.30. The van der Waals surface area contributed by atoms with Crippen LogP contribution in [-0.4, -0.2) is 58.9 Å². The molecule has 176 valence electrons. The number of benzene rings is 1. The average Bonchev–Trinajstić information content (AvgIpc) is 3.35. The molecule has 0 atom stereocenters. The number of hydrogen-bond donors (Lipinski definition) is 1. The van der Waals surface area contributed by atoms with Gasteiger partial charge in [-0.1, -0.05) is 0 Å². The molecule has 1 aliphatic rings. The summed E-state index contributed by atoms with van der Waals surface area (Å²) in [5.41, 5.74) is 2.57. The van der Waals surface area contributed by atoms with Crippen LogP contribution >= 0.6 is 0 Å². The maximum absolute atomic E-state index is 13.4. The second-order valence-corrected chi connectivity index (χ2v) is 8.38. The number of piperazine rings is 1. The molecule has 1 fully saturated rings. The topological polar surface area (TPSA) is 94.5 Å². The summed E-state index contributed by atoms with van der Waals surface area (Å²) in [5.74, 6) is 0.594. The zero-order chi connectivity index (χ0) is 24.4. The number of nitrogens with one attached hydrogen (secondary N) is 1. The van der Waals surface area contributed by atoms with Crippen molar-refractivity contribution in [2.75, 3.05) is 38.0 Å².